The number of hydrogen-bond acceptors (Lipinski definition) is 4. The lowest BCUT2D eigenvalue weighted by Crippen LogP contribution is -2.45. The predicted octanol–water partition coefficient (Wildman–Crippen LogP) is 2.92. The number of ether oxygens (including phenoxy) is 1. The van der Waals surface area contributed by atoms with Crippen molar-refractivity contribution in [2.75, 3.05) is 6.61 Å². The third-order valence-electron chi connectivity index (χ3n) is 3.75. The molecule has 3 rings (SSSR count). The standard InChI is InChI=1S/C13H14ClF3N4OSi/c1-23(2)6-5-22-7-21-12(13(15,16)17)19-10(20-21)8-3-4-9(14)18-11(8)23/h3-4H,5-7H2,1-2H3. The maximum absolute atomic E-state index is 13.1. The highest BCUT2D eigenvalue weighted by molar-refractivity contribution is 6.90. The topological polar surface area (TPSA) is 52.8 Å². The van der Waals surface area contributed by atoms with Gasteiger partial charge in [-0.25, -0.2) is 14.6 Å². The second kappa shape index (κ2) is 5.57. The fraction of sp³-hybridized carbons (Fsp3) is 0.462. The largest absolute Gasteiger partial charge is 0.451 e. The zero-order valence-electron chi connectivity index (χ0n) is 12.5. The van der Waals surface area contributed by atoms with Crippen LogP contribution in [0.3, 0.4) is 0 Å². The van der Waals surface area contributed by atoms with Crippen molar-refractivity contribution in [3.63, 3.8) is 0 Å². The fourth-order valence-corrected chi connectivity index (χ4v) is 4.94. The van der Waals surface area contributed by atoms with Gasteiger partial charge in [0.25, 0.3) is 0 Å². The molecule has 0 radical (unpaired) electrons. The summed E-state index contributed by atoms with van der Waals surface area (Å²) in [6, 6.07) is 3.90. The van der Waals surface area contributed by atoms with Crippen molar-refractivity contribution in [3.05, 3.63) is 23.1 Å². The third kappa shape index (κ3) is 3.13. The predicted molar refractivity (Wildman–Crippen MR) is 81.1 cm³/mol. The molecular weight excluding hydrogens is 349 g/mol. The van der Waals surface area contributed by atoms with Gasteiger partial charge in [-0.3, -0.25) is 0 Å². The molecule has 2 bridgehead atoms. The fourth-order valence-electron chi connectivity index (χ4n) is 2.48. The van der Waals surface area contributed by atoms with Crippen LogP contribution in [-0.2, 0) is 17.6 Å². The molecule has 124 valence electrons. The van der Waals surface area contributed by atoms with Crippen LogP contribution in [-0.4, -0.2) is 34.4 Å². The molecular formula is C13H14ClF3N4OSi. The van der Waals surface area contributed by atoms with Gasteiger partial charge < -0.3 is 4.74 Å². The summed E-state index contributed by atoms with van der Waals surface area (Å²) in [5.41, 5.74) is 0.511. The van der Waals surface area contributed by atoms with Gasteiger partial charge in [0.05, 0.1) is 0 Å². The minimum atomic E-state index is -4.60. The average molecular weight is 363 g/mol. The lowest BCUT2D eigenvalue weighted by molar-refractivity contribution is -0.150. The number of alkyl halides is 3. The van der Waals surface area contributed by atoms with Crippen molar-refractivity contribution in [1.82, 2.24) is 19.7 Å². The minimum absolute atomic E-state index is 0.00238. The van der Waals surface area contributed by atoms with Crippen molar-refractivity contribution in [3.8, 4) is 11.4 Å². The van der Waals surface area contributed by atoms with Crippen molar-refractivity contribution in [2.45, 2.75) is 32.0 Å². The zero-order chi connectivity index (χ0) is 16.8. The molecule has 1 aliphatic heterocycles. The van der Waals surface area contributed by atoms with Crippen molar-refractivity contribution >= 4 is 25.0 Å². The highest BCUT2D eigenvalue weighted by atomic mass is 35.5. The molecule has 0 aliphatic carbocycles. The molecule has 0 saturated heterocycles. The second-order valence-electron chi connectivity index (χ2n) is 5.96. The third-order valence-corrected chi connectivity index (χ3v) is 7.08. The molecule has 0 unspecified atom stereocenters. The summed E-state index contributed by atoms with van der Waals surface area (Å²) in [6.07, 6.45) is -4.60. The number of nitrogens with zero attached hydrogens (tertiary/aromatic N) is 4. The number of hydrogen-bond donors (Lipinski definition) is 0. The van der Waals surface area contributed by atoms with E-state index in [2.05, 4.69) is 28.2 Å². The number of rotatable bonds is 0. The first-order valence-electron chi connectivity index (χ1n) is 6.96. The maximum Gasteiger partial charge on any atom is 0.451 e. The van der Waals surface area contributed by atoms with E-state index in [1.807, 2.05) is 0 Å². The lowest BCUT2D eigenvalue weighted by Gasteiger charge is -2.24. The van der Waals surface area contributed by atoms with E-state index < -0.39 is 20.1 Å². The molecule has 0 aromatic carbocycles. The van der Waals surface area contributed by atoms with E-state index in [1.165, 1.54) is 0 Å². The Bertz CT molecular complexity index is 747. The molecule has 0 saturated carbocycles. The zero-order valence-corrected chi connectivity index (χ0v) is 14.2. The molecule has 5 nitrogen and oxygen atoms in total. The van der Waals surface area contributed by atoms with E-state index in [4.69, 9.17) is 16.3 Å². The van der Waals surface area contributed by atoms with Gasteiger partial charge in [0.15, 0.2) is 5.82 Å². The summed E-state index contributed by atoms with van der Waals surface area (Å²) in [6.45, 7) is 4.20. The molecule has 0 spiro atoms. The highest BCUT2D eigenvalue weighted by Gasteiger charge is 2.39. The van der Waals surface area contributed by atoms with E-state index in [1.54, 1.807) is 12.1 Å². The Balaban J connectivity index is 2.24. The Hall–Kier alpha value is -1.45. The second-order valence-corrected chi connectivity index (χ2v) is 11.1. The van der Waals surface area contributed by atoms with E-state index in [-0.39, 0.29) is 12.6 Å². The summed E-state index contributed by atoms with van der Waals surface area (Å²) >= 11 is 5.99. The van der Waals surface area contributed by atoms with Crippen molar-refractivity contribution < 1.29 is 17.9 Å². The molecule has 10 heteroatoms. The van der Waals surface area contributed by atoms with E-state index in [9.17, 15) is 13.2 Å². The van der Waals surface area contributed by atoms with Crippen molar-refractivity contribution in [1.29, 1.82) is 0 Å². The van der Waals surface area contributed by atoms with Gasteiger partial charge in [-0.2, -0.15) is 13.2 Å². The summed E-state index contributed by atoms with van der Waals surface area (Å²) in [4.78, 5) is 8.05. The molecule has 0 amide bonds. The van der Waals surface area contributed by atoms with Crippen LogP contribution in [0.25, 0.3) is 11.4 Å². The summed E-state index contributed by atoms with van der Waals surface area (Å²) < 4.78 is 45.5. The van der Waals surface area contributed by atoms with Crippen molar-refractivity contribution in [2.24, 2.45) is 0 Å². The smallest absolute Gasteiger partial charge is 0.359 e. The summed E-state index contributed by atoms with van der Waals surface area (Å²) in [5, 5.41) is 4.97. The van der Waals surface area contributed by atoms with Gasteiger partial charge in [-0.05, 0) is 18.2 Å². The van der Waals surface area contributed by atoms with Crippen LogP contribution in [0, 0.1) is 0 Å². The van der Waals surface area contributed by atoms with Gasteiger partial charge >= 0.3 is 6.18 Å². The summed E-state index contributed by atoms with van der Waals surface area (Å²) in [7, 11) is -2.06. The van der Waals surface area contributed by atoms with Gasteiger partial charge in [0.2, 0.25) is 5.82 Å². The molecule has 1 aliphatic rings. The van der Waals surface area contributed by atoms with E-state index in [0.29, 0.717) is 22.6 Å². The van der Waals surface area contributed by atoms with Crippen LogP contribution >= 0.6 is 11.6 Å². The lowest BCUT2D eigenvalue weighted by atomic mass is 10.3. The average Bonchev–Trinajstić information content (AvgIpc) is 2.86. The SMILES string of the molecule is C[Si]1(C)CCOCn2nc(nc2C(F)(F)F)-c2ccc(Cl)nc21. The van der Waals surface area contributed by atoms with E-state index in [0.717, 1.165) is 10.7 Å². The highest BCUT2D eigenvalue weighted by Crippen LogP contribution is 2.30. The van der Waals surface area contributed by atoms with Gasteiger partial charge in [0, 0.05) is 17.5 Å². The van der Waals surface area contributed by atoms with Gasteiger partial charge in [0.1, 0.15) is 20.0 Å². The Morgan fingerprint density at radius 1 is 1.26 bits per heavy atom. The van der Waals surface area contributed by atoms with Crippen LogP contribution in [0.5, 0.6) is 0 Å². The Morgan fingerprint density at radius 3 is 2.70 bits per heavy atom. The van der Waals surface area contributed by atoms with Crippen LogP contribution in [0.15, 0.2) is 12.1 Å². The number of pyridine rings is 1. The normalized spacial score (nSPS) is 17.7. The first-order valence-corrected chi connectivity index (χ1v) is 10.5. The van der Waals surface area contributed by atoms with E-state index >= 15 is 0 Å². The first kappa shape index (κ1) is 16.4. The monoisotopic (exact) mass is 362 g/mol. The van der Waals surface area contributed by atoms with Crippen LogP contribution in [0.1, 0.15) is 5.82 Å². The van der Waals surface area contributed by atoms with Crippen LogP contribution in [0.2, 0.25) is 24.3 Å². The molecule has 2 aromatic rings. The van der Waals surface area contributed by atoms with Gasteiger partial charge in [-0.1, -0.05) is 24.7 Å². The Kier molecular flexibility index (Phi) is 3.97. The minimum Gasteiger partial charge on any atom is -0.359 e. The van der Waals surface area contributed by atoms with Crippen LogP contribution in [0.4, 0.5) is 13.2 Å². The van der Waals surface area contributed by atoms with Gasteiger partial charge in [-0.15, -0.1) is 5.10 Å². The molecule has 3 heterocycles. The number of halogens is 4. The van der Waals surface area contributed by atoms with Crippen LogP contribution < -0.4 is 5.32 Å². The number of aromatic nitrogens is 4. The Morgan fingerprint density at radius 2 is 2.00 bits per heavy atom. The molecule has 2 aromatic heterocycles. The summed E-state index contributed by atoms with van der Waals surface area (Å²) in [5.74, 6) is -1.07. The quantitative estimate of drug-likeness (QED) is 0.534. The maximum atomic E-state index is 13.1. The molecule has 0 N–H and O–H groups in total. The molecule has 23 heavy (non-hydrogen) atoms. The molecule has 0 fully saturated rings. The first-order chi connectivity index (χ1) is 10.7. The number of fused-ring (bicyclic) bond motifs is 4. The molecule has 0 atom stereocenters. The Labute approximate surface area is 136 Å².